The summed E-state index contributed by atoms with van der Waals surface area (Å²) in [4.78, 5) is 26.8. The third-order valence-electron chi connectivity index (χ3n) is 6.52. The molecule has 0 aliphatic carbocycles. The maximum absolute atomic E-state index is 12.2. The minimum Gasteiger partial charge on any atom is -0.508 e. The molecule has 0 unspecified atom stereocenters. The number of amidine groups is 2. The number of carbonyl (C=O) groups excluding carboxylic acids is 1. The number of benzene rings is 2. The number of amides is 1. The van der Waals surface area contributed by atoms with E-state index in [1.54, 1.807) is 22.5 Å². The molecule has 2 aromatic rings. The molecular weight excluding hydrogens is 474 g/mol. The van der Waals surface area contributed by atoms with Gasteiger partial charge in [0.1, 0.15) is 17.1 Å². The molecule has 0 saturated carbocycles. The van der Waals surface area contributed by atoms with E-state index in [0.717, 1.165) is 11.3 Å². The number of piperazine rings is 1. The van der Waals surface area contributed by atoms with E-state index < -0.39 is 5.97 Å². The quantitative estimate of drug-likeness (QED) is 0.201. The highest BCUT2D eigenvalue weighted by atomic mass is 16.4. The molecule has 0 spiro atoms. The van der Waals surface area contributed by atoms with Crippen LogP contribution in [-0.2, 0) is 16.1 Å². The number of hydrogen-bond acceptors (Lipinski definition) is 5. The average molecular weight is 512 g/mol. The van der Waals surface area contributed by atoms with E-state index in [0.29, 0.717) is 49.7 Å². The van der Waals surface area contributed by atoms with Crippen molar-refractivity contribution in [2.45, 2.75) is 46.1 Å². The van der Waals surface area contributed by atoms with Gasteiger partial charge in [-0.05, 0) is 35.2 Å². The lowest BCUT2D eigenvalue weighted by Crippen LogP contribution is -2.48. The molecule has 2 aromatic carbocycles. The molecule has 1 fully saturated rings. The Labute approximate surface area is 216 Å². The minimum absolute atomic E-state index is 0.0128. The first-order valence-corrected chi connectivity index (χ1v) is 12.4. The van der Waals surface area contributed by atoms with Crippen LogP contribution in [0.1, 0.15) is 56.2 Å². The number of phenolic OH excluding ortho intramolecular Hbond substituents is 2. The monoisotopic (exact) mass is 511 g/mol. The predicted octanol–water partition coefficient (Wildman–Crippen LogP) is 0.957. The summed E-state index contributed by atoms with van der Waals surface area (Å²) in [6.45, 7) is 8.89. The van der Waals surface area contributed by atoms with Gasteiger partial charge in [-0.25, -0.2) is 0 Å². The molecule has 1 heterocycles. The van der Waals surface area contributed by atoms with Crippen molar-refractivity contribution in [1.29, 1.82) is 0 Å². The lowest BCUT2D eigenvalue weighted by Gasteiger charge is -2.34. The van der Waals surface area contributed by atoms with Crippen LogP contribution < -0.4 is 11.1 Å². The molecule has 37 heavy (non-hydrogen) atoms. The van der Waals surface area contributed by atoms with E-state index in [1.165, 1.54) is 6.07 Å². The van der Waals surface area contributed by atoms with Gasteiger partial charge in [0.15, 0.2) is 5.69 Å². The Morgan fingerprint density at radius 2 is 1.65 bits per heavy atom. The highest BCUT2D eigenvalue weighted by molar-refractivity contribution is 5.96. The van der Waals surface area contributed by atoms with Crippen molar-refractivity contribution in [3.8, 4) is 11.5 Å². The Bertz CT molecular complexity index is 1190. The Morgan fingerprint density at radius 1 is 1.03 bits per heavy atom. The van der Waals surface area contributed by atoms with Crippen LogP contribution in [0.15, 0.2) is 36.4 Å². The van der Waals surface area contributed by atoms with Gasteiger partial charge in [-0.15, -0.1) is 4.58 Å². The number of phenols is 2. The number of carboxylic acids is 1. The van der Waals surface area contributed by atoms with Gasteiger partial charge in [-0.1, -0.05) is 26.0 Å². The van der Waals surface area contributed by atoms with Crippen molar-refractivity contribution in [2.24, 2.45) is 5.73 Å². The number of aliphatic carboxylic acids is 1. The van der Waals surface area contributed by atoms with Gasteiger partial charge in [-0.3, -0.25) is 25.6 Å². The van der Waals surface area contributed by atoms with Gasteiger partial charge in [0.05, 0.1) is 13.3 Å². The Hall–Kier alpha value is -3.92. The molecule has 0 aromatic heterocycles. The number of carboxylic acid groups (broad SMARTS) is 1. The van der Waals surface area contributed by atoms with Crippen LogP contribution in [0, 0.1) is 0 Å². The standard InChI is InChI=1S/C27H35N5O5/c1-17(2)21-14-22(24(34)15-23(21)33)27(29)32(18(3)28)20-6-4-19(5-7-20)16-30-10-12-31(13-11-30)25(35)8-9-26(36)37/h4-7,14-15,17,28H,8-13,16H2,1-3H3,(H4,29,33,34,36,37)/p+2. The molecule has 198 valence electrons. The van der Waals surface area contributed by atoms with E-state index in [1.807, 2.05) is 38.1 Å². The molecule has 0 atom stereocenters. The third kappa shape index (κ3) is 6.85. The van der Waals surface area contributed by atoms with Gasteiger partial charge < -0.3 is 20.2 Å². The fourth-order valence-electron chi connectivity index (χ4n) is 4.45. The lowest BCUT2D eigenvalue weighted by atomic mass is 9.98. The number of carbonyl (C=O) groups is 2. The van der Waals surface area contributed by atoms with Gasteiger partial charge in [-0.2, -0.15) is 0 Å². The van der Waals surface area contributed by atoms with E-state index in [-0.39, 0.29) is 42.0 Å². The van der Waals surface area contributed by atoms with E-state index in [2.05, 4.69) is 4.90 Å². The molecule has 1 saturated heterocycles. The molecule has 0 radical (unpaired) electrons. The van der Waals surface area contributed by atoms with Crippen molar-refractivity contribution in [3.63, 3.8) is 0 Å². The zero-order valence-corrected chi connectivity index (χ0v) is 21.6. The maximum atomic E-state index is 12.2. The fraction of sp³-hybridized carbons (Fsp3) is 0.407. The second-order valence-electron chi connectivity index (χ2n) is 9.66. The summed E-state index contributed by atoms with van der Waals surface area (Å²) in [5, 5.41) is 35.9. The number of rotatable bonds is 8. The van der Waals surface area contributed by atoms with Crippen molar-refractivity contribution < 1.29 is 34.9 Å². The SMILES string of the molecule is CC(N)=[N+](C(=[NH2+])c1cc(C(C)C)c(O)cc1O)c1ccc(CN2CCN(C(=O)CCC(=O)O)CC2)cc1. The zero-order valence-electron chi connectivity index (χ0n) is 21.6. The number of nitrogens with zero attached hydrogens (tertiary/aromatic N) is 3. The highest BCUT2D eigenvalue weighted by Crippen LogP contribution is 2.33. The molecule has 3 rings (SSSR count). The van der Waals surface area contributed by atoms with Crippen LogP contribution in [0.4, 0.5) is 5.69 Å². The molecular formula is C27H37N5O5+2. The van der Waals surface area contributed by atoms with Crippen LogP contribution in [0.3, 0.4) is 0 Å². The molecule has 1 aliphatic heterocycles. The first kappa shape index (κ1) is 27.7. The van der Waals surface area contributed by atoms with E-state index >= 15 is 0 Å². The van der Waals surface area contributed by atoms with E-state index in [9.17, 15) is 19.8 Å². The largest absolute Gasteiger partial charge is 0.508 e. The fourth-order valence-corrected chi connectivity index (χ4v) is 4.45. The molecule has 10 heteroatoms. The van der Waals surface area contributed by atoms with Crippen LogP contribution in [0.25, 0.3) is 0 Å². The lowest BCUT2D eigenvalue weighted by molar-refractivity contribution is -0.363. The van der Waals surface area contributed by atoms with Crippen LogP contribution >= 0.6 is 0 Å². The van der Waals surface area contributed by atoms with Crippen molar-refractivity contribution in [3.05, 3.63) is 53.1 Å². The summed E-state index contributed by atoms with van der Waals surface area (Å²) < 4.78 is 1.65. The van der Waals surface area contributed by atoms with Crippen LogP contribution in [0.5, 0.6) is 11.5 Å². The molecule has 10 nitrogen and oxygen atoms in total. The summed E-state index contributed by atoms with van der Waals surface area (Å²) >= 11 is 0. The van der Waals surface area contributed by atoms with Gasteiger partial charge in [0, 0.05) is 45.2 Å². The second-order valence-corrected chi connectivity index (χ2v) is 9.66. The Morgan fingerprint density at radius 3 is 2.19 bits per heavy atom. The van der Waals surface area contributed by atoms with Crippen molar-refractivity contribution in [2.75, 3.05) is 26.2 Å². The molecule has 0 bridgehead atoms. The van der Waals surface area contributed by atoms with Crippen molar-refractivity contribution in [1.82, 2.24) is 9.80 Å². The summed E-state index contributed by atoms with van der Waals surface area (Å²) in [6.07, 6.45) is -0.110. The van der Waals surface area contributed by atoms with Gasteiger partial charge in [0.2, 0.25) is 5.91 Å². The minimum atomic E-state index is -0.962. The molecule has 7 N–H and O–H groups in total. The average Bonchev–Trinajstić information content (AvgIpc) is 2.83. The summed E-state index contributed by atoms with van der Waals surface area (Å²) in [5.41, 5.74) is 9.05. The van der Waals surface area contributed by atoms with Gasteiger partial charge >= 0.3 is 17.6 Å². The zero-order chi connectivity index (χ0) is 27.3. The van der Waals surface area contributed by atoms with E-state index in [4.69, 9.17) is 16.2 Å². The predicted molar refractivity (Wildman–Crippen MR) is 140 cm³/mol. The summed E-state index contributed by atoms with van der Waals surface area (Å²) in [6, 6.07) is 10.8. The van der Waals surface area contributed by atoms with Crippen LogP contribution in [0.2, 0.25) is 0 Å². The highest BCUT2D eigenvalue weighted by Gasteiger charge is 2.27. The smallest absolute Gasteiger partial charge is 0.347 e. The number of aromatic hydroxyl groups is 2. The van der Waals surface area contributed by atoms with Gasteiger partial charge in [0.25, 0.3) is 0 Å². The molecule has 1 amide bonds. The first-order chi connectivity index (χ1) is 17.5. The number of hydrogen-bond donors (Lipinski definition) is 5. The first-order valence-electron chi connectivity index (χ1n) is 12.4. The summed E-state index contributed by atoms with van der Waals surface area (Å²) in [5.74, 6) is -0.498. The normalized spacial score (nSPS) is 15.0. The maximum Gasteiger partial charge on any atom is 0.347 e. The summed E-state index contributed by atoms with van der Waals surface area (Å²) in [7, 11) is 0. The third-order valence-corrected chi connectivity index (χ3v) is 6.52. The Kier molecular flexibility index (Phi) is 8.88. The van der Waals surface area contributed by atoms with Crippen molar-refractivity contribution >= 4 is 29.2 Å². The topological polar surface area (TPSA) is 156 Å². The number of nitrogens with two attached hydrogens (primary N) is 2. The molecule has 1 aliphatic rings. The Balaban J connectivity index is 1.69. The second kappa shape index (κ2) is 11.9. The van der Waals surface area contributed by atoms with Crippen LogP contribution in [-0.4, -0.2) is 79.4 Å².